The van der Waals surface area contributed by atoms with Crippen LogP contribution in [0.15, 0.2) is 0 Å². The quantitative estimate of drug-likeness (QED) is 0.553. The van der Waals surface area contributed by atoms with Gasteiger partial charge in [0.2, 0.25) is 0 Å². The number of carboxylic acid groups (broad SMARTS) is 2. The molecule has 0 aromatic carbocycles. The van der Waals surface area contributed by atoms with Crippen molar-refractivity contribution in [2.45, 2.75) is 79.1 Å². The van der Waals surface area contributed by atoms with Crippen molar-refractivity contribution in [2.24, 2.45) is 17.3 Å². The van der Waals surface area contributed by atoms with Gasteiger partial charge in [0.15, 0.2) is 0 Å². The van der Waals surface area contributed by atoms with Gasteiger partial charge in [0.25, 0.3) is 0 Å². The molecule has 0 rings (SSSR count). The molecule has 0 heterocycles. The Morgan fingerprint density at radius 2 is 1.24 bits per heavy atom. The van der Waals surface area contributed by atoms with Gasteiger partial charge >= 0.3 is 11.9 Å². The molecule has 0 fully saturated rings. The predicted octanol–water partition coefficient (Wildman–Crippen LogP) is 4.57. The van der Waals surface area contributed by atoms with Crippen LogP contribution in [-0.2, 0) is 9.59 Å². The first kappa shape index (κ1) is 19.9. The molecule has 0 saturated heterocycles. The molecular weight excluding hydrogens is 268 g/mol. The van der Waals surface area contributed by atoms with Gasteiger partial charge in [-0.05, 0) is 31.1 Å². The van der Waals surface area contributed by atoms with Gasteiger partial charge in [-0.25, -0.2) is 0 Å². The molecule has 0 aliphatic rings. The maximum absolute atomic E-state index is 12.0. The zero-order valence-electron chi connectivity index (χ0n) is 14.0. The second kappa shape index (κ2) is 9.80. The molecule has 0 saturated carbocycles. The number of rotatable bonds is 12. The second-order valence-corrected chi connectivity index (χ2v) is 6.25. The van der Waals surface area contributed by atoms with E-state index in [1.807, 2.05) is 0 Å². The summed E-state index contributed by atoms with van der Waals surface area (Å²) in [7, 11) is 0. The van der Waals surface area contributed by atoms with Crippen LogP contribution in [0.4, 0.5) is 0 Å². The van der Waals surface area contributed by atoms with Crippen LogP contribution in [-0.4, -0.2) is 22.2 Å². The van der Waals surface area contributed by atoms with Crippen molar-refractivity contribution in [2.75, 3.05) is 0 Å². The summed E-state index contributed by atoms with van der Waals surface area (Å²) in [5, 5.41) is 18.8. The molecule has 4 heteroatoms. The van der Waals surface area contributed by atoms with E-state index in [0.29, 0.717) is 24.7 Å². The second-order valence-electron chi connectivity index (χ2n) is 6.25. The summed E-state index contributed by atoms with van der Waals surface area (Å²) >= 11 is 0. The van der Waals surface area contributed by atoms with Gasteiger partial charge in [-0.15, -0.1) is 0 Å². The van der Waals surface area contributed by atoms with Crippen LogP contribution >= 0.6 is 0 Å². The van der Waals surface area contributed by atoms with Crippen LogP contribution in [0.25, 0.3) is 0 Å². The number of hydrogen-bond acceptors (Lipinski definition) is 2. The monoisotopic (exact) mass is 300 g/mol. The Labute approximate surface area is 128 Å². The fourth-order valence-corrected chi connectivity index (χ4v) is 3.18. The lowest BCUT2D eigenvalue weighted by Crippen LogP contribution is -2.36. The topological polar surface area (TPSA) is 74.6 Å². The van der Waals surface area contributed by atoms with Gasteiger partial charge in [-0.2, -0.15) is 0 Å². The molecule has 0 unspecified atom stereocenters. The van der Waals surface area contributed by atoms with E-state index in [4.69, 9.17) is 5.11 Å². The van der Waals surface area contributed by atoms with Gasteiger partial charge in [-0.3, -0.25) is 9.59 Å². The normalized spacial score (nSPS) is 12.1. The number of carbonyl (C=O) groups is 2. The fourth-order valence-electron chi connectivity index (χ4n) is 3.18. The van der Waals surface area contributed by atoms with Crippen molar-refractivity contribution in [3.8, 4) is 0 Å². The Morgan fingerprint density at radius 1 is 0.857 bits per heavy atom. The van der Waals surface area contributed by atoms with Gasteiger partial charge in [-0.1, -0.05) is 53.4 Å². The predicted molar refractivity (Wildman–Crippen MR) is 84.3 cm³/mol. The van der Waals surface area contributed by atoms with Crippen molar-refractivity contribution in [3.05, 3.63) is 0 Å². The van der Waals surface area contributed by atoms with E-state index in [2.05, 4.69) is 27.7 Å². The molecule has 4 nitrogen and oxygen atoms in total. The van der Waals surface area contributed by atoms with Gasteiger partial charge < -0.3 is 10.2 Å². The molecule has 2 N–H and O–H groups in total. The summed E-state index contributed by atoms with van der Waals surface area (Å²) in [6.45, 7) is 8.31. The third-order valence-corrected chi connectivity index (χ3v) is 4.94. The van der Waals surface area contributed by atoms with E-state index in [-0.39, 0.29) is 12.8 Å². The number of carboxylic acids is 2. The first-order valence-corrected chi connectivity index (χ1v) is 8.30. The largest absolute Gasteiger partial charge is 0.481 e. The third-order valence-electron chi connectivity index (χ3n) is 4.94. The van der Waals surface area contributed by atoms with Crippen molar-refractivity contribution in [1.82, 2.24) is 0 Å². The molecule has 0 atom stereocenters. The van der Waals surface area contributed by atoms with Crippen LogP contribution in [0, 0.1) is 17.3 Å². The number of aliphatic carboxylic acids is 2. The zero-order chi connectivity index (χ0) is 16.5. The Bertz CT molecular complexity index is 303. The molecule has 124 valence electrons. The minimum absolute atomic E-state index is 0.0629. The lowest BCUT2D eigenvalue weighted by molar-refractivity contribution is -0.153. The van der Waals surface area contributed by atoms with E-state index in [1.165, 1.54) is 0 Å². The van der Waals surface area contributed by atoms with Crippen molar-refractivity contribution in [1.29, 1.82) is 0 Å². The Balaban J connectivity index is 5.30. The fraction of sp³-hybridized carbons (Fsp3) is 0.882. The lowest BCUT2D eigenvalue weighted by Gasteiger charge is -2.35. The van der Waals surface area contributed by atoms with E-state index >= 15 is 0 Å². The van der Waals surface area contributed by atoms with Crippen molar-refractivity contribution < 1.29 is 19.8 Å². The summed E-state index contributed by atoms with van der Waals surface area (Å²) in [5.41, 5.74) is -0.883. The van der Waals surface area contributed by atoms with E-state index in [9.17, 15) is 14.7 Å². The summed E-state index contributed by atoms with van der Waals surface area (Å²) in [5.74, 6) is -1.02. The van der Waals surface area contributed by atoms with Gasteiger partial charge in [0.1, 0.15) is 0 Å². The van der Waals surface area contributed by atoms with E-state index in [1.54, 1.807) is 0 Å². The standard InChI is InChI=1S/C17H32O4/c1-5-13(6-2)11-17(16(20)21,10-9-15(18)19)12-14(7-3)8-4/h13-14H,5-12H2,1-4H3,(H,18,19)(H,20,21). The molecule has 21 heavy (non-hydrogen) atoms. The van der Waals surface area contributed by atoms with Crippen LogP contribution in [0.2, 0.25) is 0 Å². The molecule has 0 bridgehead atoms. The van der Waals surface area contributed by atoms with Crippen LogP contribution in [0.1, 0.15) is 79.1 Å². The first-order chi connectivity index (χ1) is 9.84. The summed E-state index contributed by atoms with van der Waals surface area (Å²) < 4.78 is 0. The Hall–Kier alpha value is -1.06. The summed E-state index contributed by atoms with van der Waals surface area (Å²) in [4.78, 5) is 22.9. The van der Waals surface area contributed by atoms with Gasteiger partial charge in [0, 0.05) is 6.42 Å². The third kappa shape index (κ3) is 6.49. The van der Waals surface area contributed by atoms with Gasteiger partial charge in [0.05, 0.1) is 5.41 Å². The average molecular weight is 300 g/mol. The summed E-state index contributed by atoms with van der Waals surface area (Å²) in [6.07, 6.45) is 5.15. The molecule has 0 radical (unpaired) electrons. The Morgan fingerprint density at radius 3 is 1.48 bits per heavy atom. The van der Waals surface area contributed by atoms with Crippen molar-refractivity contribution >= 4 is 11.9 Å². The molecule has 0 aromatic rings. The highest BCUT2D eigenvalue weighted by molar-refractivity contribution is 5.76. The zero-order valence-corrected chi connectivity index (χ0v) is 14.0. The minimum atomic E-state index is -0.908. The maximum atomic E-state index is 12.0. The first-order valence-electron chi connectivity index (χ1n) is 8.30. The lowest BCUT2D eigenvalue weighted by atomic mass is 9.68. The Kier molecular flexibility index (Phi) is 9.31. The van der Waals surface area contributed by atoms with Crippen LogP contribution < -0.4 is 0 Å². The van der Waals surface area contributed by atoms with Crippen molar-refractivity contribution in [3.63, 3.8) is 0 Å². The SMILES string of the molecule is CCC(CC)CC(CCC(=O)O)(CC(CC)CC)C(=O)O. The average Bonchev–Trinajstić information content (AvgIpc) is 2.46. The minimum Gasteiger partial charge on any atom is -0.481 e. The molecular formula is C17H32O4. The smallest absolute Gasteiger partial charge is 0.309 e. The highest BCUT2D eigenvalue weighted by Gasteiger charge is 2.41. The van der Waals surface area contributed by atoms with E-state index in [0.717, 1.165) is 25.7 Å². The molecule has 0 aliphatic carbocycles. The highest BCUT2D eigenvalue weighted by atomic mass is 16.4. The molecule has 0 spiro atoms. The van der Waals surface area contributed by atoms with Crippen LogP contribution in [0.3, 0.4) is 0 Å². The highest BCUT2D eigenvalue weighted by Crippen LogP contribution is 2.41. The summed E-state index contributed by atoms with van der Waals surface area (Å²) in [6, 6.07) is 0. The molecule has 0 amide bonds. The van der Waals surface area contributed by atoms with Crippen LogP contribution in [0.5, 0.6) is 0 Å². The molecule has 0 aliphatic heterocycles. The number of hydrogen-bond donors (Lipinski definition) is 2. The maximum Gasteiger partial charge on any atom is 0.309 e. The molecule has 0 aromatic heterocycles. The van der Waals surface area contributed by atoms with E-state index < -0.39 is 17.4 Å².